The SMILES string of the molecule is O=C(CCC1CCNC1)NCCC1=CCCC1. The van der Waals surface area contributed by atoms with Crippen LogP contribution in [0.5, 0.6) is 0 Å². The van der Waals surface area contributed by atoms with E-state index in [1.54, 1.807) is 0 Å². The fourth-order valence-electron chi connectivity index (χ4n) is 2.71. The maximum absolute atomic E-state index is 11.6. The van der Waals surface area contributed by atoms with Crippen LogP contribution in [0.25, 0.3) is 0 Å². The van der Waals surface area contributed by atoms with Crippen molar-refractivity contribution < 1.29 is 4.79 Å². The maximum atomic E-state index is 11.6. The molecule has 1 atom stereocenters. The van der Waals surface area contributed by atoms with Crippen LogP contribution in [-0.2, 0) is 4.79 Å². The summed E-state index contributed by atoms with van der Waals surface area (Å²) in [6.07, 6.45) is 10.1. The van der Waals surface area contributed by atoms with Crippen LogP contribution in [0, 0.1) is 5.92 Å². The molecule has 0 bridgehead atoms. The quantitative estimate of drug-likeness (QED) is 0.693. The van der Waals surface area contributed by atoms with E-state index in [-0.39, 0.29) is 5.91 Å². The zero-order valence-corrected chi connectivity index (χ0v) is 10.6. The highest BCUT2D eigenvalue weighted by atomic mass is 16.1. The standard InChI is InChI=1S/C14H24N2O/c17-14(6-5-13-7-9-15-11-13)16-10-8-12-3-1-2-4-12/h3,13,15H,1-2,4-11H2,(H,16,17). The Morgan fingerprint density at radius 3 is 3.18 bits per heavy atom. The van der Waals surface area contributed by atoms with Crippen LogP contribution < -0.4 is 10.6 Å². The molecule has 96 valence electrons. The van der Waals surface area contributed by atoms with Crippen LogP contribution in [0.15, 0.2) is 11.6 Å². The minimum Gasteiger partial charge on any atom is -0.356 e. The van der Waals surface area contributed by atoms with Crippen LogP contribution in [0.1, 0.15) is 44.9 Å². The number of hydrogen-bond acceptors (Lipinski definition) is 2. The van der Waals surface area contributed by atoms with Gasteiger partial charge in [0, 0.05) is 13.0 Å². The van der Waals surface area contributed by atoms with Gasteiger partial charge in [0.1, 0.15) is 0 Å². The lowest BCUT2D eigenvalue weighted by atomic mass is 10.0. The maximum Gasteiger partial charge on any atom is 0.220 e. The second kappa shape index (κ2) is 6.80. The van der Waals surface area contributed by atoms with E-state index in [0.717, 1.165) is 38.4 Å². The fraction of sp³-hybridized carbons (Fsp3) is 0.786. The molecular formula is C14H24N2O. The lowest BCUT2D eigenvalue weighted by Crippen LogP contribution is -2.25. The van der Waals surface area contributed by atoms with Crippen molar-refractivity contribution in [3.8, 4) is 0 Å². The fourth-order valence-corrected chi connectivity index (χ4v) is 2.71. The Kier molecular flexibility index (Phi) is 5.05. The summed E-state index contributed by atoms with van der Waals surface area (Å²) >= 11 is 0. The second-order valence-electron chi connectivity index (χ2n) is 5.25. The van der Waals surface area contributed by atoms with E-state index in [4.69, 9.17) is 0 Å². The van der Waals surface area contributed by atoms with Crippen LogP contribution in [0.3, 0.4) is 0 Å². The van der Waals surface area contributed by atoms with Gasteiger partial charge in [-0.05, 0) is 57.5 Å². The Morgan fingerprint density at radius 2 is 2.47 bits per heavy atom. The molecule has 1 fully saturated rings. The first-order valence-corrected chi connectivity index (χ1v) is 7.00. The molecule has 1 saturated heterocycles. The smallest absolute Gasteiger partial charge is 0.220 e. The Bertz CT molecular complexity index is 280. The van der Waals surface area contributed by atoms with Gasteiger partial charge in [-0.15, -0.1) is 0 Å². The van der Waals surface area contributed by atoms with Crippen LogP contribution in [0.4, 0.5) is 0 Å². The predicted octanol–water partition coefficient (Wildman–Crippen LogP) is 1.99. The molecule has 1 aliphatic carbocycles. The summed E-state index contributed by atoms with van der Waals surface area (Å²) in [5, 5.41) is 6.37. The number of carbonyl (C=O) groups is 1. The minimum atomic E-state index is 0.232. The molecule has 0 aromatic rings. The molecule has 17 heavy (non-hydrogen) atoms. The highest BCUT2D eigenvalue weighted by Crippen LogP contribution is 2.19. The average Bonchev–Trinajstić information content (AvgIpc) is 2.99. The summed E-state index contributed by atoms with van der Waals surface area (Å²) in [6.45, 7) is 3.05. The highest BCUT2D eigenvalue weighted by molar-refractivity contribution is 5.75. The monoisotopic (exact) mass is 236 g/mol. The average molecular weight is 236 g/mol. The number of nitrogens with one attached hydrogen (secondary N) is 2. The number of hydrogen-bond donors (Lipinski definition) is 2. The molecule has 0 aromatic heterocycles. The topological polar surface area (TPSA) is 41.1 Å². The Labute approximate surface area is 104 Å². The molecule has 0 saturated carbocycles. The van der Waals surface area contributed by atoms with Gasteiger partial charge in [-0.3, -0.25) is 4.79 Å². The minimum absolute atomic E-state index is 0.232. The molecule has 0 spiro atoms. The molecule has 0 aromatic carbocycles. The van der Waals surface area contributed by atoms with Gasteiger partial charge >= 0.3 is 0 Å². The van der Waals surface area contributed by atoms with E-state index in [1.807, 2.05) is 0 Å². The van der Waals surface area contributed by atoms with Gasteiger partial charge in [0.25, 0.3) is 0 Å². The van der Waals surface area contributed by atoms with Crippen molar-refractivity contribution in [3.05, 3.63) is 11.6 Å². The third-order valence-corrected chi connectivity index (χ3v) is 3.85. The second-order valence-corrected chi connectivity index (χ2v) is 5.25. The molecule has 0 radical (unpaired) electrons. The van der Waals surface area contributed by atoms with Crippen molar-refractivity contribution in [2.24, 2.45) is 5.92 Å². The van der Waals surface area contributed by atoms with Gasteiger partial charge < -0.3 is 10.6 Å². The number of allylic oxidation sites excluding steroid dienone is 1. The Hall–Kier alpha value is -0.830. The van der Waals surface area contributed by atoms with Crippen molar-refractivity contribution in [2.75, 3.05) is 19.6 Å². The van der Waals surface area contributed by atoms with Crippen molar-refractivity contribution >= 4 is 5.91 Å². The van der Waals surface area contributed by atoms with E-state index in [1.165, 1.54) is 31.3 Å². The molecule has 1 amide bonds. The third-order valence-electron chi connectivity index (χ3n) is 3.85. The molecule has 2 aliphatic rings. The Morgan fingerprint density at radius 1 is 1.53 bits per heavy atom. The van der Waals surface area contributed by atoms with E-state index >= 15 is 0 Å². The molecular weight excluding hydrogens is 212 g/mol. The third kappa shape index (κ3) is 4.50. The molecule has 1 heterocycles. The van der Waals surface area contributed by atoms with Gasteiger partial charge in [0.15, 0.2) is 0 Å². The first-order valence-electron chi connectivity index (χ1n) is 7.00. The van der Waals surface area contributed by atoms with Gasteiger partial charge in [0.05, 0.1) is 0 Å². The zero-order chi connectivity index (χ0) is 11.9. The summed E-state index contributed by atoms with van der Waals surface area (Å²) in [7, 11) is 0. The molecule has 2 rings (SSSR count). The van der Waals surface area contributed by atoms with Gasteiger partial charge in [-0.2, -0.15) is 0 Å². The summed E-state index contributed by atoms with van der Waals surface area (Å²) in [5.74, 6) is 0.953. The lowest BCUT2D eigenvalue weighted by Gasteiger charge is -2.09. The van der Waals surface area contributed by atoms with Crippen LogP contribution >= 0.6 is 0 Å². The van der Waals surface area contributed by atoms with E-state index in [0.29, 0.717) is 6.42 Å². The van der Waals surface area contributed by atoms with E-state index in [2.05, 4.69) is 16.7 Å². The molecule has 3 heteroatoms. The molecule has 1 unspecified atom stereocenters. The zero-order valence-electron chi connectivity index (χ0n) is 10.6. The summed E-state index contributed by atoms with van der Waals surface area (Å²) < 4.78 is 0. The summed E-state index contributed by atoms with van der Waals surface area (Å²) in [4.78, 5) is 11.6. The predicted molar refractivity (Wildman–Crippen MR) is 69.8 cm³/mol. The summed E-state index contributed by atoms with van der Waals surface area (Å²) in [6, 6.07) is 0. The number of amides is 1. The van der Waals surface area contributed by atoms with Crippen molar-refractivity contribution in [2.45, 2.75) is 44.9 Å². The lowest BCUT2D eigenvalue weighted by molar-refractivity contribution is -0.121. The largest absolute Gasteiger partial charge is 0.356 e. The van der Waals surface area contributed by atoms with Crippen LogP contribution in [0.2, 0.25) is 0 Å². The first-order chi connectivity index (χ1) is 8.34. The van der Waals surface area contributed by atoms with Crippen molar-refractivity contribution in [1.82, 2.24) is 10.6 Å². The van der Waals surface area contributed by atoms with Crippen LogP contribution in [-0.4, -0.2) is 25.5 Å². The Balaban J connectivity index is 1.51. The molecule has 3 nitrogen and oxygen atoms in total. The van der Waals surface area contributed by atoms with E-state index < -0.39 is 0 Å². The molecule has 1 aliphatic heterocycles. The van der Waals surface area contributed by atoms with Gasteiger partial charge in [0.2, 0.25) is 5.91 Å². The van der Waals surface area contributed by atoms with Crippen molar-refractivity contribution in [1.29, 1.82) is 0 Å². The van der Waals surface area contributed by atoms with E-state index in [9.17, 15) is 4.79 Å². The first kappa shape index (κ1) is 12.6. The highest BCUT2D eigenvalue weighted by Gasteiger charge is 2.15. The summed E-state index contributed by atoms with van der Waals surface area (Å²) in [5.41, 5.74) is 1.53. The normalized spacial score (nSPS) is 23.8. The number of rotatable bonds is 6. The van der Waals surface area contributed by atoms with Gasteiger partial charge in [-0.1, -0.05) is 11.6 Å². The van der Waals surface area contributed by atoms with Crippen molar-refractivity contribution in [3.63, 3.8) is 0 Å². The number of carbonyl (C=O) groups excluding carboxylic acids is 1. The molecule has 2 N–H and O–H groups in total. The van der Waals surface area contributed by atoms with Gasteiger partial charge in [-0.25, -0.2) is 0 Å².